The largest absolute Gasteiger partial charge is 0.514 e. The van der Waals surface area contributed by atoms with Gasteiger partial charge in [-0.15, -0.1) is 5.10 Å². The molecule has 2 atom stereocenters. The van der Waals surface area contributed by atoms with E-state index in [0.29, 0.717) is 12.1 Å². The zero-order chi connectivity index (χ0) is 23.5. The number of carbonyl (C=O) groups is 2. The molecule has 13 nitrogen and oxygen atoms in total. The molecular formula is C19H17FN6O7. The highest BCUT2D eigenvalue weighted by molar-refractivity contribution is 6.02. The molecule has 172 valence electrons. The molecule has 1 aromatic carbocycles. The summed E-state index contributed by atoms with van der Waals surface area (Å²) in [4.78, 5) is 34.3. The van der Waals surface area contributed by atoms with Crippen LogP contribution in [0.1, 0.15) is 28.7 Å². The molecule has 0 radical (unpaired) electrons. The van der Waals surface area contributed by atoms with E-state index in [9.17, 15) is 24.1 Å². The topological polar surface area (TPSA) is 164 Å². The second kappa shape index (κ2) is 9.04. The summed E-state index contributed by atoms with van der Waals surface area (Å²) in [6.45, 7) is 0.106. The van der Waals surface area contributed by atoms with Crippen LogP contribution in [0.25, 0.3) is 0 Å². The zero-order valence-electron chi connectivity index (χ0n) is 17.1. The molecule has 0 spiro atoms. The maximum atomic E-state index is 13.2. The lowest BCUT2D eigenvalue weighted by Gasteiger charge is -2.10. The molecule has 33 heavy (non-hydrogen) atoms. The highest BCUT2D eigenvalue weighted by Crippen LogP contribution is 2.30. The van der Waals surface area contributed by atoms with E-state index >= 15 is 0 Å². The van der Waals surface area contributed by atoms with Gasteiger partial charge in [0.1, 0.15) is 23.7 Å². The highest BCUT2D eigenvalue weighted by Gasteiger charge is 2.31. The summed E-state index contributed by atoms with van der Waals surface area (Å²) in [7, 11) is 1.44. The first kappa shape index (κ1) is 21.9. The predicted molar refractivity (Wildman–Crippen MR) is 107 cm³/mol. The number of aryl methyl sites for hydroxylation is 1. The lowest BCUT2D eigenvalue weighted by molar-refractivity contribution is -0.384. The molecule has 0 bridgehead atoms. The Balaban J connectivity index is 1.28. The van der Waals surface area contributed by atoms with E-state index in [1.165, 1.54) is 31.3 Å². The van der Waals surface area contributed by atoms with Crippen LogP contribution in [-0.4, -0.2) is 49.7 Å². The van der Waals surface area contributed by atoms with Crippen molar-refractivity contribution in [1.29, 1.82) is 0 Å². The second-order valence-electron chi connectivity index (χ2n) is 7.04. The van der Waals surface area contributed by atoms with Crippen LogP contribution >= 0.6 is 0 Å². The third kappa shape index (κ3) is 5.12. The molecule has 1 amide bonds. The molecule has 3 heterocycles. The standard InChI is InChI=1S/C19H17FN6O7/c1-25-14(8-16(20)24-25)18(27)21-17-7-13(22-23-17)15-6-12(9-31-15)33-19(28)32-11-4-2-10(3-5-11)26(29)30/h2-5,7-8,12,15H,6,9H2,1H3,(H2,21,22,23,27). The number of non-ortho nitro benzene ring substituents is 1. The van der Waals surface area contributed by atoms with Crippen LogP contribution in [0.5, 0.6) is 5.75 Å². The summed E-state index contributed by atoms with van der Waals surface area (Å²) in [5, 5.41) is 23.4. The van der Waals surface area contributed by atoms with E-state index in [1.807, 2.05) is 0 Å². The quantitative estimate of drug-likeness (QED) is 0.243. The lowest BCUT2D eigenvalue weighted by Crippen LogP contribution is -2.20. The van der Waals surface area contributed by atoms with Gasteiger partial charge >= 0.3 is 6.16 Å². The first-order valence-electron chi connectivity index (χ1n) is 9.59. The number of nitro groups is 1. The predicted octanol–water partition coefficient (Wildman–Crippen LogP) is 2.49. The molecule has 2 N–H and O–H groups in total. The fourth-order valence-corrected chi connectivity index (χ4v) is 3.18. The number of hydrogen-bond donors (Lipinski definition) is 2. The number of rotatable bonds is 6. The van der Waals surface area contributed by atoms with Crippen LogP contribution in [-0.2, 0) is 16.5 Å². The third-order valence-corrected chi connectivity index (χ3v) is 4.74. The number of aromatic nitrogens is 4. The van der Waals surface area contributed by atoms with Crippen LogP contribution in [0.4, 0.5) is 20.7 Å². The van der Waals surface area contributed by atoms with E-state index in [4.69, 9.17) is 14.2 Å². The third-order valence-electron chi connectivity index (χ3n) is 4.74. The van der Waals surface area contributed by atoms with E-state index < -0.39 is 35.1 Å². The van der Waals surface area contributed by atoms with E-state index in [-0.39, 0.29) is 29.6 Å². The van der Waals surface area contributed by atoms with Gasteiger partial charge in [0.15, 0.2) is 5.82 Å². The molecule has 0 aliphatic carbocycles. The number of H-pyrrole nitrogens is 1. The van der Waals surface area contributed by atoms with Crippen molar-refractivity contribution < 1.29 is 33.1 Å². The van der Waals surface area contributed by atoms with Crippen molar-refractivity contribution >= 4 is 23.6 Å². The van der Waals surface area contributed by atoms with Crippen molar-refractivity contribution in [3.05, 3.63) is 63.8 Å². The van der Waals surface area contributed by atoms with Gasteiger partial charge in [0.2, 0.25) is 5.95 Å². The molecule has 3 aromatic rings. The Morgan fingerprint density at radius 3 is 2.76 bits per heavy atom. The summed E-state index contributed by atoms with van der Waals surface area (Å²) >= 11 is 0. The van der Waals surface area contributed by atoms with Crippen molar-refractivity contribution in [3.8, 4) is 5.75 Å². The average molecular weight is 460 g/mol. The lowest BCUT2D eigenvalue weighted by atomic mass is 10.1. The number of nitrogens with zero attached hydrogens (tertiary/aromatic N) is 4. The van der Waals surface area contributed by atoms with Gasteiger partial charge in [0, 0.05) is 37.7 Å². The molecule has 1 aliphatic rings. The Bertz CT molecular complexity index is 1190. The average Bonchev–Trinajstić information content (AvgIpc) is 3.48. The van der Waals surface area contributed by atoms with Gasteiger partial charge in [-0.2, -0.15) is 9.49 Å². The fraction of sp³-hybridized carbons (Fsp3) is 0.263. The normalized spacial score (nSPS) is 17.5. The Morgan fingerprint density at radius 1 is 1.33 bits per heavy atom. The van der Waals surface area contributed by atoms with Crippen LogP contribution in [0.3, 0.4) is 0 Å². The van der Waals surface area contributed by atoms with Crippen molar-refractivity contribution in [2.24, 2.45) is 7.05 Å². The molecule has 4 rings (SSSR count). The molecule has 14 heteroatoms. The summed E-state index contributed by atoms with van der Waals surface area (Å²) < 4.78 is 30.1. The van der Waals surface area contributed by atoms with E-state index in [1.54, 1.807) is 6.07 Å². The first-order valence-corrected chi connectivity index (χ1v) is 9.59. The minimum Gasteiger partial charge on any atom is -0.428 e. The van der Waals surface area contributed by atoms with Crippen LogP contribution in [0.2, 0.25) is 0 Å². The highest BCUT2D eigenvalue weighted by atomic mass is 19.1. The van der Waals surface area contributed by atoms with Gasteiger partial charge in [0.05, 0.1) is 17.2 Å². The minimum atomic E-state index is -0.973. The molecule has 1 aliphatic heterocycles. The number of aromatic amines is 1. The number of amides is 1. The number of nitro benzene ring substituents is 1. The first-order chi connectivity index (χ1) is 15.8. The summed E-state index contributed by atoms with van der Waals surface area (Å²) in [6, 6.07) is 7.53. The van der Waals surface area contributed by atoms with Crippen molar-refractivity contribution in [3.63, 3.8) is 0 Å². The summed E-state index contributed by atoms with van der Waals surface area (Å²) in [5.41, 5.74) is 0.427. The number of anilines is 1. The van der Waals surface area contributed by atoms with Gasteiger partial charge in [-0.25, -0.2) is 4.79 Å². The van der Waals surface area contributed by atoms with E-state index in [0.717, 1.165) is 10.7 Å². The SMILES string of the molecule is Cn1nc(F)cc1C(=O)Nc1cc(C2CC(OC(=O)Oc3ccc([N+](=O)[O-])cc3)CO2)[nH]n1. The van der Waals surface area contributed by atoms with E-state index in [2.05, 4.69) is 20.6 Å². The maximum Gasteiger partial charge on any atom is 0.514 e. The van der Waals surface area contributed by atoms with Crippen molar-refractivity contribution in [2.75, 3.05) is 11.9 Å². The Labute approximate surface area is 184 Å². The number of hydrogen-bond acceptors (Lipinski definition) is 9. The summed E-state index contributed by atoms with van der Waals surface area (Å²) in [6.07, 6.45) is -1.74. The van der Waals surface area contributed by atoms with Gasteiger partial charge < -0.3 is 19.5 Å². The Hall–Kier alpha value is -4.33. The fourth-order valence-electron chi connectivity index (χ4n) is 3.18. The summed E-state index contributed by atoms with van der Waals surface area (Å²) in [5.74, 6) is -1.07. The van der Waals surface area contributed by atoms with Crippen LogP contribution in [0.15, 0.2) is 36.4 Å². The van der Waals surface area contributed by atoms with Crippen LogP contribution < -0.4 is 10.1 Å². The minimum absolute atomic E-state index is 0.0224. The number of carbonyl (C=O) groups excluding carboxylic acids is 2. The number of halogens is 1. The zero-order valence-corrected chi connectivity index (χ0v) is 17.1. The monoisotopic (exact) mass is 460 g/mol. The van der Waals surface area contributed by atoms with Gasteiger partial charge in [-0.05, 0) is 12.1 Å². The number of nitrogens with one attached hydrogen (secondary N) is 2. The molecule has 2 unspecified atom stereocenters. The molecule has 0 saturated carbocycles. The maximum absolute atomic E-state index is 13.2. The van der Waals surface area contributed by atoms with Gasteiger partial charge in [-0.1, -0.05) is 0 Å². The Morgan fingerprint density at radius 2 is 2.09 bits per heavy atom. The van der Waals surface area contributed by atoms with Crippen molar-refractivity contribution in [2.45, 2.75) is 18.6 Å². The molecule has 2 aromatic heterocycles. The van der Waals surface area contributed by atoms with Gasteiger partial charge in [-0.3, -0.25) is 24.7 Å². The Kier molecular flexibility index (Phi) is 5.99. The molecule has 1 saturated heterocycles. The molecular weight excluding hydrogens is 443 g/mol. The van der Waals surface area contributed by atoms with Crippen LogP contribution in [0, 0.1) is 16.1 Å². The number of ether oxygens (including phenoxy) is 3. The smallest absolute Gasteiger partial charge is 0.428 e. The second-order valence-corrected chi connectivity index (χ2v) is 7.04. The molecule has 1 fully saturated rings. The number of benzene rings is 1. The van der Waals surface area contributed by atoms with Crippen molar-refractivity contribution in [1.82, 2.24) is 20.0 Å². The van der Waals surface area contributed by atoms with Gasteiger partial charge in [0.25, 0.3) is 11.6 Å².